The Balaban J connectivity index is 1.80. The lowest BCUT2D eigenvalue weighted by Gasteiger charge is -2.33. The first kappa shape index (κ1) is 12.4. The Hall–Kier alpha value is -2.39. The number of carbonyl (C=O) groups excluding carboxylic acids is 1. The number of ether oxygens (including phenoxy) is 1. The maximum atomic E-state index is 12.4. The summed E-state index contributed by atoms with van der Waals surface area (Å²) in [6, 6.07) is 19.9. The van der Waals surface area contributed by atoms with Crippen molar-refractivity contribution in [1.82, 2.24) is 4.90 Å². The SMILES string of the molecule is O=C1C=CC2(c3ccccc3)OCC(c3ccccc3)N12. The highest BCUT2D eigenvalue weighted by atomic mass is 16.5. The van der Waals surface area contributed by atoms with E-state index >= 15 is 0 Å². The Morgan fingerprint density at radius 1 is 1.00 bits per heavy atom. The van der Waals surface area contributed by atoms with Gasteiger partial charge >= 0.3 is 0 Å². The van der Waals surface area contributed by atoms with Crippen molar-refractivity contribution in [3.63, 3.8) is 0 Å². The third-order valence-electron chi connectivity index (χ3n) is 4.19. The van der Waals surface area contributed by atoms with E-state index < -0.39 is 5.72 Å². The van der Waals surface area contributed by atoms with E-state index in [0.29, 0.717) is 6.61 Å². The zero-order chi connectivity index (χ0) is 14.3. The van der Waals surface area contributed by atoms with Crippen molar-refractivity contribution >= 4 is 5.91 Å². The first-order chi connectivity index (χ1) is 10.3. The van der Waals surface area contributed by atoms with Gasteiger partial charge in [-0.2, -0.15) is 0 Å². The monoisotopic (exact) mass is 277 g/mol. The molecule has 4 rings (SSSR count). The molecule has 0 spiro atoms. The average Bonchev–Trinajstić information content (AvgIpc) is 3.09. The molecule has 2 aromatic carbocycles. The molecule has 0 N–H and O–H groups in total. The number of hydrogen-bond acceptors (Lipinski definition) is 2. The highest BCUT2D eigenvalue weighted by Gasteiger charge is 2.52. The fraction of sp³-hybridized carbons (Fsp3) is 0.167. The molecule has 2 heterocycles. The normalized spacial score (nSPS) is 27.1. The lowest BCUT2D eigenvalue weighted by atomic mass is 10.0. The lowest BCUT2D eigenvalue weighted by Crippen LogP contribution is -2.40. The van der Waals surface area contributed by atoms with Gasteiger partial charge in [-0.25, -0.2) is 0 Å². The molecule has 0 radical (unpaired) electrons. The second-order valence-electron chi connectivity index (χ2n) is 5.34. The number of benzene rings is 2. The summed E-state index contributed by atoms with van der Waals surface area (Å²) in [5.41, 5.74) is 1.34. The van der Waals surface area contributed by atoms with E-state index in [9.17, 15) is 4.79 Å². The molecule has 2 unspecified atom stereocenters. The Morgan fingerprint density at radius 3 is 2.38 bits per heavy atom. The molecule has 1 amide bonds. The van der Waals surface area contributed by atoms with Crippen LogP contribution in [0, 0.1) is 0 Å². The van der Waals surface area contributed by atoms with E-state index in [-0.39, 0.29) is 11.9 Å². The molecule has 0 saturated carbocycles. The molecule has 2 aliphatic rings. The quantitative estimate of drug-likeness (QED) is 0.844. The molecule has 2 atom stereocenters. The predicted molar refractivity (Wildman–Crippen MR) is 79.2 cm³/mol. The van der Waals surface area contributed by atoms with Crippen LogP contribution in [0.15, 0.2) is 72.8 Å². The largest absolute Gasteiger partial charge is 0.345 e. The van der Waals surface area contributed by atoms with Crippen molar-refractivity contribution in [3.05, 3.63) is 83.9 Å². The number of carbonyl (C=O) groups is 1. The molecule has 1 fully saturated rings. The summed E-state index contributed by atoms with van der Waals surface area (Å²) in [6.45, 7) is 0.509. The van der Waals surface area contributed by atoms with Gasteiger partial charge in [-0.15, -0.1) is 0 Å². The minimum absolute atomic E-state index is 0.00482. The summed E-state index contributed by atoms with van der Waals surface area (Å²) < 4.78 is 6.11. The molecule has 2 aromatic rings. The van der Waals surface area contributed by atoms with Crippen LogP contribution in [-0.2, 0) is 15.3 Å². The zero-order valence-corrected chi connectivity index (χ0v) is 11.5. The van der Waals surface area contributed by atoms with Crippen molar-refractivity contribution in [2.24, 2.45) is 0 Å². The number of nitrogens with zero attached hydrogens (tertiary/aromatic N) is 1. The lowest BCUT2D eigenvalue weighted by molar-refractivity contribution is -0.136. The Bertz CT molecular complexity index is 696. The third-order valence-corrected chi connectivity index (χ3v) is 4.19. The average molecular weight is 277 g/mol. The Kier molecular flexibility index (Phi) is 2.69. The summed E-state index contributed by atoms with van der Waals surface area (Å²) in [5, 5.41) is 0. The minimum Gasteiger partial charge on any atom is -0.345 e. The van der Waals surface area contributed by atoms with Crippen molar-refractivity contribution in [1.29, 1.82) is 0 Å². The van der Waals surface area contributed by atoms with Crippen LogP contribution < -0.4 is 0 Å². The van der Waals surface area contributed by atoms with Crippen LogP contribution in [0.2, 0.25) is 0 Å². The van der Waals surface area contributed by atoms with Gasteiger partial charge < -0.3 is 4.74 Å². The molecule has 104 valence electrons. The minimum atomic E-state index is -0.751. The van der Waals surface area contributed by atoms with Gasteiger partial charge in [0.1, 0.15) is 0 Å². The Morgan fingerprint density at radius 2 is 1.67 bits per heavy atom. The van der Waals surface area contributed by atoms with Gasteiger partial charge in [-0.3, -0.25) is 9.69 Å². The van der Waals surface area contributed by atoms with E-state index in [1.807, 2.05) is 71.6 Å². The molecule has 0 aliphatic carbocycles. The maximum Gasteiger partial charge on any atom is 0.249 e. The molecule has 3 heteroatoms. The van der Waals surface area contributed by atoms with Crippen LogP contribution in [0.1, 0.15) is 17.2 Å². The molecule has 0 bridgehead atoms. The molecular formula is C18H15NO2. The first-order valence-corrected chi connectivity index (χ1v) is 7.08. The van der Waals surface area contributed by atoms with Gasteiger partial charge in [0, 0.05) is 11.6 Å². The second-order valence-corrected chi connectivity index (χ2v) is 5.34. The maximum absolute atomic E-state index is 12.4. The van der Waals surface area contributed by atoms with Gasteiger partial charge in [0.15, 0.2) is 5.72 Å². The van der Waals surface area contributed by atoms with Gasteiger partial charge in [-0.05, 0) is 11.6 Å². The highest BCUT2D eigenvalue weighted by molar-refractivity contribution is 5.92. The van der Waals surface area contributed by atoms with Crippen LogP contribution in [0.5, 0.6) is 0 Å². The summed E-state index contributed by atoms with van der Waals surface area (Å²) in [4.78, 5) is 14.2. The third kappa shape index (κ3) is 1.74. The van der Waals surface area contributed by atoms with Crippen molar-refractivity contribution in [2.75, 3.05) is 6.61 Å². The van der Waals surface area contributed by atoms with Crippen LogP contribution in [0.25, 0.3) is 0 Å². The summed E-state index contributed by atoms with van der Waals surface area (Å²) >= 11 is 0. The fourth-order valence-electron chi connectivity index (χ4n) is 3.21. The smallest absolute Gasteiger partial charge is 0.249 e. The van der Waals surface area contributed by atoms with Crippen LogP contribution in [0.3, 0.4) is 0 Å². The number of amides is 1. The van der Waals surface area contributed by atoms with Gasteiger partial charge in [0.05, 0.1) is 12.6 Å². The number of fused-ring (bicyclic) bond motifs is 1. The van der Waals surface area contributed by atoms with Gasteiger partial charge in [0.2, 0.25) is 5.91 Å². The fourth-order valence-corrected chi connectivity index (χ4v) is 3.21. The predicted octanol–water partition coefficient (Wildman–Crippen LogP) is 3.01. The molecule has 0 aromatic heterocycles. The molecule has 1 saturated heterocycles. The number of rotatable bonds is 2. The first-order valence-electron chi connectivity index (χ1n) is 7.08. The van der Waals surface area contributed by atoms with Gasteiger partial charge in [-0.1, -0.05) is 60.7 Å². The van der Waals surface area contributed by atoms with Gasteiger partial charge in [0.25, 0.3) is 0 Å². The van der Waals surface area contributed by atoms with Crippen LogP contribution in [0.4, 0.5) is 0 Å². The molecule has 2 aliphatic heterocycles. The van der Waals surface area contributed by atoms with E-state index in [1.165, 1.54) is 0 Å². The highest BCUT2D eigenvalue weighted by Crippen LogP contribution is 2.47. The summed E-state index contributed by atoms with van der Waals surface area (Å²) in [6.07, 6.45) is 3.48. The van der Waals surface area contributed by atoms with Crippen LogP contribution in [-0.4, -0.2) is 17.4 Å². The zero-order valence-electron chi connectivity index (χ0n) is 11.5. The van der Waals surface area contributed by atoms with E-state index in [1.54, 1.807) is 6.08 Å². The number of hydrogen-bond donors (Lipinski definition) is 0. The van der Waals surface area contributed by atoms with Crippen molar-refractivity contribution < 1.29 is 9.53 Å². The van der Waals surface area contributed by atoms with Crippen molar-refractivity contribution in [3.8, 4) is 0 Å². The van der Waals surface area contributed by atoms with Crippen LogP contribution >= 0.6 is 0 Å². The van der Waals surface area contributed by atoms with E-state index in [4.69, 9.17) is 4.74 Å². The standard InChI is InChI=1S/C18H15NO2/c20-17-11-12-18(15-9-5-2-6-10-15)19(17)16(13-21-18)14-7-3-1-4-8-14/h1-12,16H,13H2. The summed E-state index contributed by atoms with van der Waals surface area (Å²) in [7, 11) is 0. The second kappa shape index (κ2) is 4.57. The topological polar surface area (TPSA) is 29.5 Å². The molecule has 21 heavy (non-hydrogen) atoms. The molecule has 3 nitrogen and oxygen atoms in total. The Labute approximate surface area is 123 Å². The van der Waals surface area contributed by atoms with Crippen molar-refractivity contribution in [2.45, 2.75) is 11.8 Å². The molecular weight excluding hydrogens is 262 g/mol. The summed E-state index contributed by atoms with van der Waals surface area (Å²) in [5.74, 6) is 0.00482. The van der Waals surface area contributed by atoms with E-state index in [2.05, 4.69) is 0 Å². The van der Waals surface area contributed by atoms with E-state index in [0.717, 1.165) is 11.1 Å².